The molecule has 0 radical (unpaired) electrons. The van der Waals surface area contributed by atoms with Crippen LogP contribution in [0.1, 0.15) is 31.2 Å². The number of rotatable bonds is 4. The van der Waals surface area contributed by atoms with Crippen molar-refractivity contribution in [3.8, 4) is 12.1 Å². The highest BCUT2D eigenvalue weighted by Crippen LogP contribution is 2.33. The molecule has 140 valence electrons. The number of nitrogens with zero attached hydrogens (tertiary/aromatic N) is 2. The Bertz CT molecular complexity index is 1180. The number of H-pyrrole nitrogens is 1. The fraction of sp³-hybridized carbons (Fsp3) is 0.0952. The first-order valence-corrected chi connectivity index (χ1v) is 8.66. The Morgan fingerprint density at radius 3 is 2.14 bits per heavy atom. The Hall–Kier alpha value is -4.27. The second kappa shape index (κ2) is 6.71. The minimum absolute atomic E-state index is 0.154. The van der Waals surface area contributed by atoms with Crippen LogP contribution in [0.25, 0.3) is 10.9 Å². The van der Waals surface area contributed by atoms with E-state index in [9.17, 15) is 24.9 Å². The van der Waals surface area contributed by atoms with Crippen molar-refractivity contribution in [3.63, 3.8) is 0 Å². The van der Waals surface area contributed by atoms with Crippen LogP contribution in [0, 0.1) is 28.6 Å². The summed E-state index contributed by atoms with van der Waals surface area (Å²) in [4.78, 5) is 40.9. The number of para-hydroxylation sites is 1. The van der Waals surface area contributed by atoms with Crippen LogP contribution < -0.4 is 10.9 Å². The van der Waals surface area contributed by atoms with E-state index in [0.29, 0.717) is 0 Å². The molecule has 3 aromatic rings. The molecular weight excluding hydrogens is 370 g/mol. The van der Waals surface area contributed by atoms with Gasteiger partial charge in [0, 0.05) is 22.0 Å². The molecule has 0 bridgehead atoms. The molecule has 0 saturated carbocycles. The van der Waals surface area contributed by atoms with Crippen molar-refractivity contribution in [3.05, 3.63) is 71.4 Å². The average Bonchev–Trinajstić information content (AvgIpc) is 3.30. The lowest BCUT2D eigenvalue weighted by Crippen LogP contribution is -2.59. The van der Waals surface area contributed by atoms with E-state index in [1.807, 2.05) is 18.2 Å². The van der Waals surface area contributed by atoms with Crippen LogP contribution in [-0.4, -0.2) is 28.0 Å². The molecule has 1 aromatic heterocycles. The van der Waals surface area contributed by atoms with E-state index < -0.39 is 28.9 Å². The lowest BCUT2D eigenvalue weighted by atomic mass is 9.83. The smallest absolute Gasteiger partial charge is 0.281 e. The quantitative estimate of drug-likeness (QED) is 0.464. The largest absolute Gasteiger partial charge is 0.350 e. The number of Topliss-reactive ketones (excluding diaryl/α,β-unsaturated/α-hetero) is 2. The van der Waals surface area contributed by atoms with E-state index in [2.05, 4.69) is 15.8 Å². The van der Waals surface area contributed by atoms with Gasteiger partial charge in [0.2, 0.25) is 5.54 Å². The second-order valence-electron chi connectivity index (χ2n) is 6.59. The van der Waals surface area contributed by atoms with Crippen molar-refractivity contribution < 1.29 is 14.4 Å². The van der Waals surface area contributed by atoms with E-state index >= 15 is 0 Å². The van der Waals surface area contributed by atoms with Crippen molar-refractivity contribution in [2.45, 2.75) is 5.54 Å². The molecule has 1 aliphatic rings. The third kappa shape index (κ3) is 2.76. The minimum Gasteiger partial charge on any atom is -0.350 e. The maximum absolute atomic E-state index is 12.7. The molecule has 1 heterocycles. The Kier molecular flexibility index (Phi) is 4.19. The van der Waals surface area contributed by atoms with Gasteiger partial charge in [-0.05, 0) is 12.1 Å². The fourth-order valence-corrected chi connectivity index (χ4v) is 3.44. The number of aromatic nitrogens is 1. The number of carbonyl (C=O) groups is 3. The highest BCUT2D eigenvalue weighted by molar-refractivity contribution is 6.27. The van der Waals surface area contributed by atoms with E-state index in [1.165, 1.54) is 12.1 Å². The van der Waals surface area contributed by atoms with Gasteiger partial charge in [-0.25, -0.2) is 5.43 Å². The number of nitrogens with one attached hydrogen (secondary N) is 3. The third-order valence-electron chi connectivity index (χ3n) is 4.92. The summed E-state index contributed by atoms with van der Waals surface area (Å²) < 4.78 is 0. The minimum atomic E-state index is -2.26. The van der Waals surface area contributed by atoms with Crippen LogP contribution in [-0.2, 0) is 0 Å². The van der Waals surface area contributed by atoms with Crippen LogP contribution in [0.3, 0.4) is 0 Å². The number of aromatic amines is 1. The molecule has 8 nitrogen and oxygen atoms in total. The maximum atomic E-state index is 12.7. The zero-order valence-electron chi connectivity index (χ0n) is 14.9. The van der Waals surface area contributed by atoms with Crippen molar-refractivity contribution in [2.24, 2.45) is 5.92 Å². The number of hydrogen-bond acceptors (Lipinski definition) is 6. The number of nitriles is 2. The molecule has 4 rings (SSSR count). The van der Waals surface area contributed by atoms with Gasteiger partial charge >= 0.3 is 0 Å². The molecule has 2 aromatic carbocycles. The second-order valence-corrected chi connectivity index (χ2v) is 6.59. The molecule has 0 atom stereocenters. The summed E-state index contributed by atoms with van der Waals surface area (Å²) in [5.41, 5.74) is 3.59. The summed E-state index contributed by atoms with van der Waals surface area (Å²) in [7, 11) is 0. The van der Waals surface area contributed by atoms with E-state index in [1.54, 1.807) is 36.4 Å². The molecule has 8 heteroatoms. The van der Waals surface area contributed by atoms with Gasteiger partial charge in [0.1, 0.15) is 23.8 Å². The third-order valence-corrected chi connectivity index (χ3v) is 4.92. The first-order valence-electron chi connectivity index (χ1n) is 8.66. The van der Waals surface area contributed by atoms with Gasteiger partial charge in [0.05, 0.1) is 0 Å². The molecule has 0 unspecified atom stereocenters. The van der Waals surface area contributed by atoms with E-state index in [-0.39, 0.29) is 16.8 Å². The summed E-state index contributed by atoms with van der Waals surface area (Å²) in [6.07, 6.45) is 0. The number of hydrazine groups is 1. The normalized spacial score (nSPS) is 13.7. The van der Waals surface area contributed by atoms with E-state index in [0.717, 1.165) is 10.9 Å². The highest BCUT2D eigenvalue weighted by Gasteiger charge is 2.54. The van der Waals surface area contributed by atoms with Crippen LogP contribution >= 0.6 is 0 Å². The summed E-state index contributed by atoms with van der Waals surface area (Å²) in [6, 6.07) is 18.4. The summed E-state index contributed by atoms with van der Waals surface area (Å²) in [5.74, 6) is -3.51. The van der Waals surface area contributed by atoms with E-state index in [4.69, 9.17) is 0 Å². The van der Waals surface area contributed by atoms with Gasteiger partial charge in [-0.3, -0.25) is 19.8 Å². The Morgan fingerprint density at radius 2 is 1.55 bits per heavy atom. The van der Waals surface area contributed by atoms with Crippen LogP contribution in [0.4, 0.5) is 0 Å². The monoisotopic (exact) mass is 383 g/mol. The fourth-order valence-electron chi connectivity index (χ4n) is 3.44. The molecular formula is C21H13N5O3. The number of carbonyl (C=O) groups excluding carboxylic acids is 3. The molecule has 29 heavy (non-hydrogen) atoms. The molecule has 0 aliphatic heterocycles. The average molecular weight is 383 g/mol. The molecule has 1 amide bonds. The topological polar surface area (TPSA) is 139 Å². The number of ketones is 2. The van der Waals surface area contributed by atoms with Gasteiger partial charge in [-0.15, -0.1) is 0 Å². The molecule has 0 saturated heterocycles. The maximum Gasteiger partial charge on any atom is 0.281 e. The molecule has 3 N–H and O–H groups in total. The highest BCUT2D eigenvalue weighted by atomic mass is 16.2. The van der Waals surface area contributed by atoms with Gasteiger partial charge in [-0.1, -0.05) is 42.5 Å². The predicted molar refractivity (Wildman–Crippen MR) is 101 cm³/mol. The number of fused-ring (bicyclic) bond motifs is 2. The number of benzene rings is 2. The van der Waals surface area contributed by atoms with Crippen molar-refractivity contribution >= 4 is 28.4 Å². The van der Waals surface area contributed by atoms with Crippen LogP contribution in [0.15, 0.2) is 54.6 Å². The standard InChI is InChI=1S/C21H13N5O3/c22-10-21(11-23,17-18(27)13-6-2-3-7-14(13)19(17)28)26-25-20(29)16-9-12-5-1-4-8-15(12)24-16/h1-9,17,24,26H,(H,25,29). The Morgan fingerprint density at radius 1 is 0.966 bits per heavy atom. The van der Waals surface area contributed by atoms with Gasteiger partial charge < -0.3 is 4.98 Å². The molecule has 1 aliphatic carbocycles. The molecule has 0 fully saturated rings. The summed E-state index contributed by atoms with van der Waals surface area (Å²) in [6.45, 7) is 0. The first-order chi connectivity index (χ1) is 14.0. The zero-order valence-corrected chi connectivity index (χ0v) is 14.9. The molecule has 0 spiro atoms. The van der Waals surface area contributed by atoms with Crippen molar-refractivity contribution in [1.29, 1.82) is 10.5 Å². The SMILES string of the molecule is N#CC(C#N)(NNC(=O)c1cc2ccccc2[nH]1)C1C(=O)c2ccccc2C1=O. The lowest BCUT2D eigenvalue weighted by Gasteiger charge is -2.24. The lowest BCUT2D eigenvalue weighted by molar-refractivity contribution is 0.0762. The zero-order chi connectivity index (χ0) is 20.6. The number of hydrogen-bond donors (Lipinski definition) is 3. The van der Waals surface area contributed by atoms with Gasteiger partial charge in [0.15, 0.2) is 11.6 Å². The Labute approximate surface area is 164 Å². The summed E-state index contributed by atoms with van der Waals surface area (Å²) >= 11 is 0. The first kappa shape index (κ1) is 18.1. The predicted octanol–water partition coefficient (Wildman–Crippen LogP) is 1.88. The van der Waals surface area contributed by atoms with Gasteiger partial charge in [0.25, 0.3) is 5.91 Å². The van der Waals surface area contributed by atoms with Crippen molar-refractivity contribution in [1.82, 2.24) is 15.8 Å². The summed E-state index contributed by atoms with van der Waals surface area (Å²) in [5, 5.41) is 20.1. The van der Waals surface area contributed by atoms with Crippen LogP contribution in [0.5, 0.6) is 0 Å². The van der Waals surface area contributed by atoms with Gasteiger partial charge in [-0.2, -0.15) is 10.5 Å². The number of amides is 1. The Balaban J connectivity index is 1.61. The van der Waals surface area contributed by atoms with Crippen molar-refractivity contribution in [2.75, 3.05) is 0 Å². The van der Waals surface area contributed by atoms with Crippen LogP contribution in [0.2, 0.25) is 0 Å².